The number of rotatable bonds is 0. The van der Waals surface area contributed by atoms with Crippen LogP contribution in [-0.4, -0.2) is 15.3 Å². The average molecular weight is 163 g/mol. The Morgan fingerprint density at radius 1 is 0.900 bits per heavy atom. The lowest BCUT2D eigenvalue weighted by Crippen LogP contribution is -1.67. The van der Waals surface area contributed by atoms with Crippen molar-refractivity contribution in [2.24, 2.45) is 0 Å². The van der Waals surface area contributed by atoms with Gasteiger partial charge in [-0.15, -0.1) is 12.4 Å². The molecule has 0 bridgehead atoms. The number of para-hydroxylation sites is 1. The van der Waals surface area contributed by atoms with E-state index in [1.807, 2.05) is 0 Å². The molecule has 0 aliphatic rings. The standard InChI is InChI=1S/C6H6O3.ClH/c7-4-2-1-3-5(8)6(4)9;/h1-3,7-9H;1H. The Labute approximate surface area is 64.0 Å². The molecule has 0 aromatic heterocycles. The molecule has 0 heterocycles. The zero-order valence-corrected chi connectivity index (χ0v) is 5.80. The quantitative estimate of drug-likeness (QED) is 0.503. The van der Waals surface area contributed by atoms with Crippen LogP contribution in [0.25, 0.3) is 0 Å². The van der Waals surface area contributed by atoms with Gasteiger partial charge in [0.15, 0.2) is 17.2 Å². The third-order valence-electron chi connectivity index (χ3n) is 0.993. The molecule has 0 amide bonds. The lowest BCUT2D eigenvalue weighted by Gasteiger charge is -1.96. The number of hydrogen-bond donors (Lipinski definition) is 3. The summed E-state index contributed by atoms with van der Waals surface area (Å²) in [7, 11) is 0. The van der Waals surface area contributed by atoms with Crippen LogP contribution in [0.4, 0.5) is 0 Å². The second kappa shape index (κ2) is 3.17. The normalized spacial score (nSPS) is 8.40. The maximum Gasteiger partial charge on any atom is 0.200 e. The molecule has 4 heteroatoms. The van der Waals surface area contributed by atoms with E-state index >= 15 is 0 Å². The zero-order valence-electron chi connectivity index (χ0n) is 4.98. The molecule has 0 aliphatic carbocycles. The molecule has 56 valence electrons. The van der Waals surface area contributed by atoms with Crippen molar-refractivity contribution in [3.63, 3.8) is 0 Å². The third-order valence-corrected chi connectivity index (χ3v) is 0.993. The van der Waals surface area contributed by atoms with Gasteiger partial charge < -0.3 is 15.3 Å². The highest BCUT2D eigenvalue weighted by atomic mass is 35.5. The molecule has 0 fully saturated rings. The summed E-state index contributed by atoms with van der Waals surface area (Å²) in [5, 5.41) is 26.1. The average Bonchev–Trinajstić information content (AvgIpc) is 1.83. The van der Waals surface area contributed by atoms with Crippen LogP contribution in [0.15, 0.2) is 18.2 Å². The van der Waals surface area contributed by atoms with Crippen molar-refractivity contribution >= 4 is 12.4 Å². The van der Waals surface area contributed by atoms with E-state index in [0.717, 1.165) is 0 Å². The molecule has 0 aliphatic heterocycles. The van der Waals surface area contributed by atoms with Gasteiger partial charge in [-0.05, 0) is 12.1 Å². The number of hydrogen-bond acceptors (Lipinski definition) is 3. The van der Waals surface area contributed by atoms with Gasteiger partial charge in [0, 0.05) is 0 Å². The number of halogens is 1. The molecule has 0 atom stereocenters. The van der Waals surface area contributed by atoms with E-state index in [1.165, 1.54) is 18.2 Å². The minimum absolute atomic E-state index is 0. The Balaban J connectivity index is 0.000000810. The number of aromatic hydroxyl groups is 3. The minimum Gasteiger partial charge on any atom is -0.504 e. The fraction of sp³-hybridized carbons (Fsp3) is 0. The molecule has 3 nitrogen and oxygen atoms in total. The molecule has 0 saturated carbocycles. The topological polar surface area (TPSA) is 60.7 Å². The van der Waals surface area contributed by atoms with E-state index in [4.69, 9.17) is 15.3 Å². The summed E-state index contributed by atoms with van der Waals surface area (Å²) in [6.45, 7) is 0. The molecule has 1 aromatic rings. The van der Waals surface area contributed by atoms with Gasteiger partial charge in [-0.1, -0.05) is 6.07 Å². The lowest BCUT2D eigenvalue weighted by atomic mass is 10.3. The van der Waals surface area contributed by atoms with Gasteiger partial charge in [-0.3, -0.25) is 0 Å². The largest absolute Gasteiger partial charge is 0.504 e. The van der Waals surface area contributed by atoms with Crippen molar-refractivity contribution in [1.82, 2.24) is 0 Å². The molecule has 0 unspecified atom stereocenters. The van der Waals surface area contributed by atoms with E-state index in [0.29, 0.717) is 0 Å². The fourth-order valence-electron chi connectivity index (χ4n) is 0.519. The van der Waals surface area contributed by atoms with Crippen LogP contribution >= 0.6 is 12.4 Å². The van der Waals surface area contributed by atoms with Gasteiger partial charge in [0.25, 0.3) is 0 Å². The van der Waals surface area contributed by atoms with Crippen molar-refractivity contribution in [3.05, 3.63) is 18.2 Å². The van der Waals surface area contributed by atoms with Crippen LogP contribution < -0.4 is 0 Å². The molecule has 3 N–H and O–H groups in total. The Hall–Kier alpha value is -1.09. The van der Waals surface area contributed by atoms with Gasteiger partial charge in [-0.2, -0.15) is 0 Å². The Morgan fingerprint density at radius 3 is 1.60 bits per heavy atom. The molecule has 10 heavy (non-hydrogen) atoms. The smallest absolute Gasteiger partial charge is 0.200 e. The van der Waals surface area contributed by atoms with Crippen LogP contribution in [0.1, 0.15) is 0 Å². The summed E-state index contributed by atoms with van der Waals surface area (Å²) in [6.07, 6.45) is 0. The van der Waals surface area contributed by atoms with E-state index in [9.17, 15) is 0 Å². The third kappa shape index (κ3) is 1.45. The first-order valence-electron chi connectivity index (χ1n) is 2.41. The summed E-state index contributed by atoms with van der Waals surface area (Å²) in [4.78, 5) is 0. The summed E-state index contributed by atoms with van der Waals surface area (Å²) in [5.74, 6) is -1.09. The first kappa shape index (κ1) is 8.91. The van der Waals surface area contributed by atoms with Crippen molar-refractivity contribution in [2.75, 3.05) is 0 Å². The molecule has 1 rings (SSSR count). The second-order valence-electron chi connectivity index (χ2n) is 1.64. The molecular formula is C6H7ClO3. The highest BCUT2D eigenvalue weighted by Gasteiger charge is 2.00. The molecule has 0 spiro atoms. The first-order valence-corrected chi connectivity index (χ1v) is 2.41. The van der Waals surface area contributed by atoms with Crippen LogP contribution in [0.5, 0.6) is 17.2 Å². The Morgan fingerprint density at radius 2 is 1.30 bits per heavy atom. The van der Waals surface area contributed by atoms with E-state index < -0.39 is 5.75 Å². The molecule has 0 radical (unpaired) electrons. The van der Waals surface area contributed by atoms with Crippen LogP contribution in [0, 0.1) is 0 Å². The first-order chi connectivity index (χ1) is 4.22. The highest BCUT2D eigenvalue weighted by Crippen LogP contribution is 2.32. The van der Waals surface area contributed by atoms with Gasteiger partial charge in [0.1, 0.15) is 0 Å². The zero-order chi connectivity index (χ0) is 6.85. The summed E-state index contributed by atoms with van der Waals surface area (Å²) in [6, 6.07) is 4.01. The predicted molar refractivity (Wildman–Crippen MR) is 38.7 cm³/mol. The van der Waals surface area contributed by atoms with Gasteiger partial charge in [-0.25, -0.2) is 0 Å². The van der Waals surface area contributed by atoms with Crippen LogP contribution in [0.2, 0.25) is 0 Å². The van der Waals surface area contributed by atoms with E-state index in [1.54, 1.807) is 0 Å². The van der Waals surface area contributed by atoms with E-state index in [2.05, 4.69) is 0 Å². The van der Waals surface area contributed by atoms with Crippen molar-refractivity contribution in [1.29, 1.82) is 0 Å². The monoisotopic (exact) mass is 162 g/mol. The van der Waals surface area contributed by atoms with Gasteiger partial charge in [0.2, 0.25) is 0 Å². The molecular weight excluding hydrogens is 156 g/mol. The summed E-state index contributed by atoms with van der Waals surface area (Å²) in [5.41, 5.74) is 0. The number of phenolic OH excluding ortho intramolecular Hbond substituents is 3. The second-order valence-corrected chi connectivity index (χ2v) is 1.64. The summed E-state index contributed by atoms with van der Waals surface area (Å²) < 4.78 is 0. The Bertz CT molecular complexity index is 204. The number of phenols is 3. The lowest BCUT2D eigenvalue weighted by molar-refractivity contribution is 0.368. The molecule has 1 aromatic carbocycles. The van der Waals surface area contributed by atoms with Gasteiger partial charge >= 0.3 is 0 Å². The van der Waals surface area contributed by atoms with Crippen molar-refractivity contribution in [2.45, 2.75) is 0 Å². The maximum atomic E-state index is 8.71. The highest BCUT2D eigenvalue weighted by molar-refractivity contribution is 5.85. The van der Waals surface area contributed by atoms with Gasteiger partial charge in [0.05, 0.1) is 0 Å². The number of benzene rings is 1. The maximum absolute atomic E-state index is 8.71. The van der Waals surface area contributed by atoms with Crippen molar-refractivity contribution < 1.29 is 15.3 Å². The van der Waals surface area contributed by atoms with E-state index in [-0.39, 0.29) is 23.9 Å². The van der Waals surface area contributed by atoms with Crippen molar-refractivity contribution in [3.8, 4) is 17.2 Å². The van der Waals surface area contributed by atoms with Crippen LogP contribution in [-0.2, 0) is 0 Å². The predicted octanol–water partition coefficient (Wildman–Crippen LogP) is 1.23. The minimum atomic E-state index is -0.475. The Kier molecular flexibility index (Phi) is 2.83. The summed E-state index contributed by atoms with van der Waals surface area (Å²) >= 11 is 0. The SMILES string of the molecule is Cl.Oc1cccc(O)c1O. The fourth-order valence-corrected chi connectivity index (χ4v) is 0.519. The van der Waals surface area contributed by atoms with Crippen LogP contribution in [0.3, 0.4) is 0 Å². The molecule has 0 saturated heterocycles.